The number of hydrazone groups is 1. The molecule has 0 unspecified atom stereocenters. The number of nitrogens with zero attached hydrogens (tertiary/aromatic N) is 2. The third-order valence-electron chi connectivity index (χ3n) is 0.948. The van der Waals surface area contributed by atoms with Gasteiger partial charge in [0.25, 0.3) is 0 Å². The van der Waals surface area contributed by atoms with Crippen molar-refractivity contribution in [1.29, 1.82) is 0 Å². The van der Waals surface area contributed by atoms with E-state index in [1.807, 2.05) is 40.2 Å². The van der Waals surface area contributed by atoms with Gasteiger partial charge >= 0.3 is 0 Å². The Morgan fingerprint density at radius 2 is 2.00 bits per heavy atom. The van der Waals surface area contributed by atoms with Gasteiger partial charge in [-0.1, -0.05) is 6.08 Å². The first-order chi connectivity index (χ1) is 4.16. The number of hydrogen-bond donors (Lipinski definition) is 0. The van der Waals surface area contributed by atoms with E-state index in [9.17, 15) is 0 Å². The Morgan fingerprint density at radius 3 is 2.33 bits per heavy atom. The zero-order valence-electron chi connectivity index (χ0n) is 6.55. The second-order valence-corrected chi connectivity index (χ2v) is 2.12. The van der Waals surface area contributed by atoms with Crippen LogP contribution < -0.4 is 0 Å². The Labute approximate surface area is 56.9 Å². The number of allylic oxidation sites excluding steroid dienone is 2. The van der Waals surface area contributed by atoms with Crippen LogP contribution in [0.5, 0.6) is 0 Å². The van der Waals surface area contributed by atoms with Gasteiger partial charge in [-0.05, 0) is 19.4 Å². The minimum Gasteiger partial charge on any atom is -0.303 e. The van der Waals surface area contributed by atoms with Gasteiger partial charge in [0, 0.05) is 20.3 Å². The molecule has 0 saturated carbocycles. The number of rotatable bonds is 2. The zero-order valence-corrected chi connectivity index (χ0v) is 6.55. The van der Waals surface area contributed by atoms with Crippen molar-refractivity contribution in [2.24, 2.45) is 5.10 Å². The molecule has 0 aliphatic rings. The highest BCUT2D eigenvalue weighted by Gasteiger charge is 1.78. The fourth-order valence-corrected chi connectivity index (χ4v) is 0.281. The maximum absolute atomic E-state index is 4.04. The van der Waals surface area contributed by atoms with Crippen molar-refractivity contribution < 1.29 is 0 Å². The molecule has 0 amide bonds. The molecule has 0 aromatic heterocycles. The summed E-state index contributed by atoms with van der Waals surface area (Å²) in [6.45, 7) is 4.02. The highest BCUT2D eigenvalue weighted by molar-refractivity contribution is 5.77. The maximum Gasteiger partial charge on any atom is 0.0496 e. The molecule has 0 rings (SSSR count). The van der Waals surface area contributed by atoms with Crippen LogP contribution in [0.3, 0.4) is 0 Å². The molecule has 9 heavy (non-hydrogen) atoms. The molecule has 0 aromatic carbocycles. The molecule has 2 heteroatoms. The average molecular weight is 126 g/mol. The molecule has 52 valence electrons. The molecule has 0 fully saturated rings. The van der Waals surface area contributed by atoms with Crippen LogP contribution in [0.25, 0.3) is 0 Å². The van der Waals surface area contributed by atoms with Gasteiger partial charge < -0.3 is 5.01 Å². The van der Waals surface area contributed by atoms with Crippen molar-refractivity contribution in [3.8, 4) is 0 Å². The second kappa shape index (κ2) is 4.13. The third-order valence-corrected chi connectivity index (χ3v) is 0.948. The largest absolute Gasteiger partial charge is 0.303 e. The Kier molecular flexibility index (Phi) is 3.76. The van der Waals surface area contributed by atoms with Crippen molar-refractivity contribution in [3.63, 3.8) is 0 Å². The van der Waals surface area contributed by atoms with Gasteiger partial charge in [0.2, 0.25) is 0 Å². The van der Waals surface area contributed by atoms with Gasteiger partial charge in [-0.3, -0.25) is 0 Å². The summed E-state index contributed by atoms with van der Waals surface area (Å²) in [4.78, 5) is 0. The molecule has 0 spiro atoms. The summed E-state index contributed by atoms with van der Waals surface area (Å²) in [5.74, 6) is 0. The molecule has 0 N–H and O–H groups in total. The Balaban J connectivity index is 3.71. The topological polar surface area (TPSA) is 15.6 Å². The van der Waals surface area contributed by atoms with E-state index in [-0.39, 0.29) is 0 Å². The van der Waals surface area contributed by atoms with E-state index in [1.165, 1.54) is 5.57 Å². The Bertz CT molecular complexity index is 123. The summed E-state index contributed by atoms with van der Waals surface area (Å²) in [6.07, 6.45) is 3.85. The molecular formula is C7H14N2. The summed E-state index contributed by atoms with van der Waals surface area (Å²) >= 11 is 0. The minimum absolute atomic E-state index is 1.18. The van der Waals surface area contributed by atoms with E-state index >= 15 is 0 Å². The van der Waals surface area contributed by atoms with Gasteiger partial charge in [-0.25, -0.2) is 0 Å². The van der Waals surface area contributed by atoms with Crippen LogP contribution in [-0.2, 0) is 0 Å². The molecule has 0 heterocycles. The summed E-state index contributed by atoms with van der Waals surface area (Å²) in [5.41, 5.74) is 1.18. The van der Waals surface area contributed by atoms with Crippen molar-refractivity contribution in [1.82, 2.24) is 5.01 Å². The summed E-state index contributed by atoms with van der Waals surface area (Å²) in [5, 5.41) is 5.81. The van der Waals surface area contributed by atoms with Gasteiger partial charge in [0.05, 0.1) is 0 Å². The van der Waals surface area contributed by atoms with E-state index in [2.05, 4.69) is 5.10 Å². The van der Waals surface area contributed by atoms with Crippen LogP contribution in [0.2, 0.25) is 0 Å². The number of hydrogen-bond acceptors (Lipinski definition) is 2. The molecule has 0 atom stereocenters. The zero-order chi connectivity index (χ0) is 7.28. The fourth-order valence-electron chi connectivity index (χ4n) is 0.281. The third kappa shape index (κ3) is 5.07. The van der Waals surface area contributed by atoms with Gasteiger partial charge in [-0.2, -0.15) is 5.10 Å². The van der Waals surface area contributed by atoms with Crippen LogP contribution in [0, 0.1) is 0 Å². The predicted molar refractivity (Wildman–Crippen MR) is 41.6 cm³/mol. The SMILES string of the molecule is C/C=C(C)/C=N\N(C)C. The van der Waals surface area contributed by atoms with Gasteiger partial charge in [0.1, 0.15) is 0 Å². The molecule has 2 nitrogen and oxygen atoms in total. The first-order valence-corrected chi connectivity index (χ1v) is 3.01. The van der Waals surface area contributed by atoms with Crippen molar-refractivity contribution in [2.45, 2.75) is 13.8 Å². The van der Waals surface area contributed by atoms with Crippen LogP contribution >= 0.6 is 0 Å². The van der Waals surface area contributed by atoms with E-state index in [0.717, 1.165) is 0 Å². The normalized spacial score (nSPS) is 12.7. The monoisotopic (exact) mass is 126 g/mol. The Hall–Kier alpha value is -0.790. The molecule has 0 radical (unpaired) electrons. The summed E-state index contributed by atoms with van der Waals surface area (Å²) in [6, 6.07) is 0. The molecule has 0 aromatic rings. The van der Waals surface area contributed by atoms with Crippen LogP contribution in [0.4, 0.5) is 0 Å². The Morgan fingerprint density at radius 1 is 1.44 bits per heavy atom. The van der Waals surface area contributed by atoms with Crippen LogP contribution in [0.1, 0.15) is 13.8 Å². The van der Waals surface area contributed by atoms with E-state index in [4.69, 9.17) is 0 Å². The fraction of sp³-hybridized carbons (Fsp3) is 0.571. The smallest absolute Gasteiger partial charge is 0.0496 e. The molecule has 0 bridgehead atoms. The van der Waals surface area contributed by atoms with E-state index < -0.39 is 0 Å². The molecule has 0 aliphatic heterocycles. The second-order valence-electron chi connectivity index (χ2n) is 2.12. The average Bonchev–Trinajstić information content (AvgIpc) is 1.83. The van der Waals surface area contributed by atoms with Crippen molar-refractivity contribution in [3.05, 3.63) is 11.6 Å². The molecular weight excluding hydrogens is 112 g/mol. The van der Waals surface area contributed by atoms with Gasteiger partial charge in [-0.15, -0.1) is 0 Å². The lowest BCUT2D eigenvalue weighted by atomic mass is 10.3. The van der Waals surface area contributed by atoms with E-state index in [0.29, 0.717) is 0 Å². The lowest BCUT2D eigenvalue weighted by Crippen LogP contribution is -2.01. The first kappa shape index (κ1) is 8.21. The standard InChI is InChI=1S/C7H14N2/c1-5-7(2)6-8-9(3)4/h5-6H,1-4H3/b7-5+,8-6-. The van der Waals surface area contributed by atoms with Gasteiger partial charge in [0.15, 0.2) is 0 Å². The lowest BCUT2D eigenvalue weighted by Gasteiger charge is -2.01. The maximum atomic E-state index is 4.04. The van der Waals surface area contributed by atoms with Crippen molar-refractivity contribution >= 4 is 6.21 Å². The van der Waals surface area contributed by atoms with Crippen LogP contribution in [0.15, 0.2) is 16.8 Å². The minimum atomic E-state index is 1.18. The first-order valence-electron chi connectivity index (χ1n) is 3.01. The quantitative estimate of drug-likeness (QED) is 0.404. The van der Waals surface area contributed by atoms with E-state index in [1.54, 1.807) is 5.01 Å². The summed E-state index contributed by atoms with van der Waals surface area (Å²) in [7, 11) is 3.80. The highest BCUT2D eigenvalue weighted by Crippen LogP contribution is 1.85. The lowest BCUT2D eigenvalue weighted by molar-refractivity contribution is 0.440. The summed E-state index contributed by atoms with van der Waals surface area (Å²) < 4.78 is 0. The molecule has 0 saturated heterocycles. The van der Waals surface area contributed by atoms with Crippen LogP contribution in [-0.4, -0.2) is 25.3 Å². The van der Waals surface area contributed by atoms with Crippen molar-refractivity contribution in [2.75, 3.05) is 14.1 Å². The predicted octanol–water partition coefficient (Wildman–Crippen LogP) is 1.50. The highest BCUT2D eigenvalue weighted by atomic mass is 15.4. The molecule has 0 aliphatic carbocycles.